The number of fused-ring (bicyclic) bond motifs is 1. The number of hydrogen-bond donors (Lipinski definition) is 1. The van der Waals surface area contributed by atoms with Crippen molar-refractivity contribution in [1.82, 2.24) is 9.88 Å². The van der Waals surface area contributed by atoms with E-state index in [4.69, 9.17) is 9.15 Å². The van der Waals surface area contributed by atoms with E-state index in [1.54, 1.807) is 36.3 Å². The topological polar surface area (TPSA) is 84.7 Å². The van der Waals surface area contributed by atoms with Gasteiger partial charge in [0.2, 0.25) is 0 Å². The molecule has 9 heteroatoms. The number of hydrogen-bond acceptors (Lipinski definition) is 6. The van der Waals surface area contributed by atoms with Crippen LogP contribution in [0.3, 0.4) is 0 Å². The zero-order valence-corrected chi connectivity index (χ0v) is 17.3. The number of carbonyl (C=O) groups is 2. The molecule has 1 aliphatic heterocycles. The third kappa shape index (κ3) is 3.67. The monoisotopic (exact) mass is 461 g/mol. The molecule has 3 aromatic rings. The first-order valence-corrected chi connectivity index (χ1v) is 10.1. The van der Waals surface area contributed by atoms with Crippen molar-refractivity contribution >= 4 is 44.2 Å². The number of amides is 2. The Balaban J connectivity index is 1.50. The minimum absolute atomic E-state index is 0.0752. The molecule has 1 aromatic carbocycles. The lowest BCUT2D eigenvalue weighted by molar-refractivity contribution is 0.0734. The maximum Gasteiger partial charge on any atom is 0.260 e. The lowest BCUT2D eigenvalue weighted by Crippen LogP contribution is -2.35. The molecule has 0 bridgehead atoms. The van der Waals surface area contributed by atoms with Crippen molar-refractivity contribution in [3.8, 4) is 5.75 Å². The second-order valence-electron chi connectivity index (χ2n) is 6.18. The number of ether oxygens (including phenoxy) is 1. The SMILES string of the molecule is COc1ccc(Br)c(C(=O)N2CCc3nc(NC(=O)c4ccoc4)sc3C2)c1. The number of thiazole rings is 1. The zero-order chi connectivity index (χ0) is 19.7. The van der Waals surface area contributed by atoms with E-state index in [1.807, 2.05) is 0 Å². The number of methoxy groups -OCH3 is 1. The minimum Gasteiger partial charge on any atom is -0.497 e. The molecule has 1 N–H and O–H groups in total. The van der Waals surface area contributed by atoms with Gasteiger partial charge in [0.1, 0.15) is 12.0 Å². The summed E-state index contributed by atoms with van der Waals surface area (Å²) in [6.45, 7) is 1.02. The van der Waals surface area contributed by atoms with Crippen LogP contribution in [0.5, 0.6) is 5.75 Å². The van der Waals surface area contributed by atoms with Crippen LogP contribution < -0.4 is 10.1 Å². The number of furan rings is 1. The number of aromatic nitrogens is 1. The zero-order valence-electron chi connectivity index (χ0n) is 14.9. The molecule has 3 heterocycles. The molecule has 0 radical (unpaired) electrons. The van der Waals surface area contributed by atoms with Gasteiger partial charge in [-0.25, -0.2) is 4.98 Å². The van der Waals surface area contributed by atoms with Crippen LogP contribution in [0.15, 0.2) is 45.7 Å². The molecule has 7 nitrogen and oxygen atoms in total. The normalized spacial score (nSPS) is 13.1. The highest BCUT2D eigenvalue weighted by Gasteiger charge is 2.26. The summed E-state index contributed by atoms with van der Waals surface area (Å²) in [5.74, 6) is 0.285. The molecule has 0 atom stereocenters. The Kier molecular flexibility index (Phi) is 5.19. The van der Waals surface area contributed by atoms with Crippen LogP contribution in [-0.2, 0) is 13.0 Å². The number of rotatable bonds is 4. The average Bonchev–Trinajstić information content (AvgIpc) is 3.36. The summed E-state index contributed by atoms with van der Waals surface area (Å²) in [7, 11) is 1.57. The molecule has 0 saturated carbocycles. The summed E-state index contributed by atoms with van der Waals surface area (Å²) in [5.41, 5.74) is 1.91. The summed E-state index contributed by atoms with van der Waals surface area (Å²) in [6.07, 6.45) is 3.47. The fourth-order valence-electron chi connectivity index (χ4n) is 2.95. The van der Waals surface area contributed by atoms with Crippen LogP contribution in [0, 0.1) is 0 Å². The van der Waals surface area contributed by atoms with Gasteiger partial charge in [0, 0.05) is 22.3 Å². The fourth-order valence-corrected chi connectivity index (χ4v) is 4.39. The molecule has 0 spiro atoms. The van der Waals surface area contributed by atoms with Gasteiger partial charge in [-0.15, -0.1) is 0 Å². The van der Waals surface area contributed by atoms with Gasteiger partial charge in [0.05, 0.1) is 36.7 Å². The van der Waals surface area contributed by atoms with Crippen LogP contribution in [0.1, 0.15) is 31.3 Å². The van der Waals surface area contributed by atoms with Gasteiger partial charge >= 0.3 is 0 Å². The molecular formula is C19H16BrN3O4S. The van der Waals surface area contributed by atoms with E-state index in [0.717, 1.165) is 15.0 Å². The molecular weight excluding hydrogens is 446 g/mol. The molecule has 144 valence electrons. The number of halogens is 1. The molecule has 0 unspecified atom stereocenters. The van der Waals surface area contributed by atoms with Crippen LogP contribution in [0.2, 0.25) is 0 Å². The minimum atomic E-state index is -0.270. The summed E-state index contributed by atoms with van der Waals surface area (Å²) in [4.78, 5) is 32.4. The quantitative estimate of drug-likeness (QED) is 0.635. The molecule has 2 aromatic heterocycles. The summed E-state index contributed by atoms with van der Waals surface area (Å²) in [6, 6.07) is 6.92. The number of benzene rings is 1. The van der Waals surface area contributed by atoms with E-state index in [0.29, 0.717) is 41.5 Å². The van der Waals surface area contributed by atoms with E-state index in [9.17, 15) is 9.59 Å². The largest absolute Gasteiger partial charge is 0.497 e. The fraction of sp³-hybridized carbons (Fsp3) is 0.211. The Labute approximate surface area is 173 Å². The van der Waals surface area contributed by atoms with Crippen LogP contribution in [0.4, 0.5) is 5.13 Å². The predicted octanol–water partition coefficient (Wildman–Crippen LogP) is 3.96. The maximum absolute atomic E-state index is 13.0. The van der Waals surface area contributed by atoms with Crippen molar-refractivity contribution in [2.75, 3.05) is 19.0 Å². The Morgan fingerprint density at radius 1 is 1.36 bits per heavy atom. The number of anilines is 1. The van der Waals surface area contributed by atoms with Gasteiger partial charge in [0.15, 0.2) is 5.13 Å². The molecule has 2 amide bonds. The van der Waals surface area contributed by atoms with Crippen molar-refractivity contribution in [3.63, 3.8) is 0 Å². The third-order valence-electron chi connectivity index (χ3n) is 4.43. The van der Waals surface area contributed by atoms with Crippen molar-refractivity contribution in [1.29, 1.82) is 0 Å². The number of carbonyl (C=O) groups excluding carboxylic acids is 2. The van der Waals surface area contributed by atoms with Crippen LogP contribution >= 0.6 is 27.3 Å². The average molecular weight is 462 g/mol. The molecule has 1 aliphatic rings. The molecule has 4 rings (SSSR count). The Morgan fingerprint density at radius 2 is 2.21 bits per heavy atom. The van der Waals surface area contributed by atoms with Crippen LogP contribution in [-0.4, -0.2) is 35.4 Å². The second kappa shape index (κ2) is 7.76. The van der Waals surface area contributed by atoms with E-state index in [1.165, 1.54) is 23.9 Å². The maximum atomic E-state index is 13.0. The van der Waals surface area contributed by atoms with E-state index in [2.05, 4.69) is 26.2 Å². The van der Waals surface area contributed by atoms with Crippen molar-refractivity contribution in [3.05, 3.63) is 63.0 Å². The highest BCUT2D eigenvalue weighted by Crippen LogP contribution is 2.31. The Morgan fingerprint density at radius 3 is 2.96 bits per heavy atom. The van der Waals surface area contributed by atoms with Gasteiger partial charge in [-0.2, -0.15) is 0 Å². The summed E-state index contributed by atoms with van der Waals surface area (Å²) in [5, 5.41) is 3.30. The van der Waals surface area contributed by atoms with Gasteiger partial charge < -0.3 is 14.1 Å². The molecule has 0 saturated heterocycles. The van der Waals surface area contributed by atoms with Crippen LogP contribution in [0.25, 0.3) is 0 Å². The van der Waals surface area contributed by atoms with Crippen molar-refractivity contribution in [2.45, 2.75) is 13.0 Å². The van der Waals surface area contributed by atoms with Gasteiger partial charge in [0.25, 0.3) is 11.8 Å². The first-order chi connectivity index (χ1) is 13.5. The van der Waals surface area contributed by atoms with Gasteiger partial charge in [-0.1, -0.05) is 11.3 Å². The second-order valence-corrected chi connectivity index (χ2v) is 8.12. The number of nitrogens with one attached hydrogen (secondary N) is 1. The molecule has 0 fully saturated rings. The first-order valence-electron chi connectivity index (χ1n) is 8.50. The van der Waals surface area contributed by atoms with Gasteiger partial charge in [-0.3, -0.25) is 14.9 Å². The summed E-state index contributed by atoms with van der Waals surface area (Å²) < 4.78 is 10.9. The van der Waals surface area contributed by atoms with Crippen molar-refractivity contribution < 1.29 is 18.7 Å². The smallest absolute Gasteiger partial charge is 0.260 e. The Hall–Kier alpha value is -2.65. The highest BCUT2D eigenvalue weighted by atomic mass is 79.9. The van der Waals surface area contributed by atoms with E-state index >= 15 is 0 Å². The van der Waals surface area contributed by atoms with Crippen molar-refractivity contribution in [2.24, 2.45) is 0 Å². The lowest BCUT2D eigenvalue weighted by atomic mass is 10.1. The predicted molar refractivity (Wildman–Crippen MR) is 108 cm³/mol. The van der Waals surface area contributed by atoms with E-state index in [-0.39, 0.29) is 11.8 Å². The van der Waals surface area contributed by atoms with Gasteiger partial charge in [-0.05, 0) is 40.2 Å². The molecule has 28 heavy (non-hydrogen) atoms. The van der Waals surface area contributed by atoms with E-state index < -0.39 is 0 Å². The summed E-state index contributed by atoms with van der Waals surface area (Å²) >= 11 is 4.83. The highest BCUT2D eigenvalue weighted by molar-refractivity contribution is 9.10. The standard InChI is InChI=1S/C19H16BrN3O4S/c1-26-12-2-3-14(20)13(8-12)18(25)23-6-4-15-16(9-23)28-19(21-15)22-17(24)11-5-7-27-10-11/h2-3,5,7-8,10H,4,6,9H2,1H3,(H,21,22,24). The third-order valence-corrected chi connectivity index (χ3v) is 6.12. The Bertz CT molecular complexity index is 1030. The molecule has 0 aliphatic carbocycles. The number of nitrogens with zero attached hydrogens (tertiary/aromatic N) is 2. The first kappa shape index (κ1) is 18.7. The lowest BCUT2D eigenvalue weighted by Gasteiger charge is -2.26.